The van der Waals surface area contributed by atoms with Crippen LogP contribution in [0.4, 0.5) is 0 Å². The summed E-state index contributed by atoms with van der Waals surface area (Å²) in [5.74, 6) is 1.46. The van der Waals surface area contributed by atoms with Gasteiger partial charge in [-0.15, -0.1) is 11.6 Å². The van der Waals surface area contributed by atoms with E-state index in [9.17, 15) is 4.79 Å². The van der Waals surface area contributed by atoms with E-state index < -0.39 is 0 Å². The summed E-state index contributed by atoms with van der Waals surface area (Å²) in [4.78, 5) is 13.3. The van der Waals surface area contributed by atoms with Gasteiger partial charge in [-0.25, -0.2) is 0 Å². The van der Waals surface area contributed by atoms with Gasteiger partial charge in [0, 0.05) is 18.2 Å². The van der Waals surface area contributed by atoms with E-state index in [2.05, 4.69) is 0 Å². The maximum atomic E-state index is 11.6. The molecule has 2 rings (SSSR count). The Morgan fingerprint density at radius 3 is 3.12 bits per heavy atom. The molecule has 17 heavy (non-hydrogen) atoms. The van der Waals surface area contributed by atoms with Crippen LogP contribution in [0.5, 0.6) is 11.5 Å². The molecule has 0 bridgehead atoms. The SMILES string of the molecule is COc1ccc2c(c1)OCCN(C(=O)CCl)C2. The Kier molecular flexibility index (Phi) is 3.74. The van der Waals surface area contributed by atoms with Crippen molar-refractivity contribution in [3.63, 3.8) is 0 Å². The summed E-state index contributed by atoms with van der Waals surface area (Å²) < 4.78 is 10.7. The molecule has 5 heteroatoms. The van der Waals surface area contributed by atoms with Gasteiger partial charge in [0.2, 0.25) is 5.91 Å². The lowest BCUT2D eigenvalue weighted by atomic mass is 10.2. The predicted molar refractivity (Wildman–Crippen MR) is 64.6 cm³/mol. The largest absolute Gasteiger partial charge is 0.497 e. The van der Waals surface area contributed by atoms with Gasteiger partial charge in [-0.3, -0.25) is 4.79 Å². The van der Waals surface area contributed by atoms with Crippen molar-refractivity contribution >= 4 is 17.5 Å². The minimum atomic E-state index is -0.0704. The number of ether oxygens (including phenoxy) is 2. The maximum absolute atomic E-state index is 11.6. The molecule has 4 nitrogen and oxygen atoms in total. The fourth-order valence-electron chi connectivity index (χ4n) is 1.77. The normalized spacial score (nSPS) is 14.6. The van der Waals surface area contributed by atoms with E-state index in [1.54, 1.807) is 12.0 Å². The quantitative estimate of drug-likeness (QED) is 0.755. The molecule has 0 fully saturated rings. The Hall–Kier alpha value is -1.42. The van der Waals surface area contributed by atoms with Crippen molar-refractivity contribution in [2.24, 2.45) is 0 Å². The van der Waals surface area contributed by atoms with Gasteiger partial charge in [-0.2, -0.15) is 0 Å². The van der Waals surface area contributed by atoms with Gasteiger partial charge in [-0.05, 0) is 12.1 Å². The molecule has 0 atom stereocenters. The van der Waals surface area contributed by atoms with Crippen LogP contribution in [0.25, 0.3) is 0 Å². The number of carbonyl (C=O) groups excluding carboxylic acids is 1. The van der Waals surface area contributed by atoms with Crippen molar-refractivity contribution in [2.75, 3.05) is 26.1 Å². The number of rotatable bonds is 2. The molecule has 0 N–H and O–H groups in total. The second kappa shape index (κ2) is 5.27. The van der Waals surface area contributed by atoms with Crippen LogP contribution in [-0.4, -0.2) is 36.9 Å². The number of hydrogen-bond acceptors (Lipinski definition) is 3. The van der Waals surface area contributed by atoms with Gasteiger partial charge in [0.25, 0.3) is 0 Å². The smallest absolute Gasteiger partial charge is 0.237 e. The van der Waals surface area contributed by atoms with Crippen LogP contribution in [0, 0.1) is 0 Å². The number of nitrogens with zero attached hydrogens (tertiary/aromatic N) is 1. The molecule has 0 radical (unpaired) electrons. The third kappa shape index (κ3) is 2.64. The second-order valence-electron chi connectivity index (χ2n) is 3.77. The van der Waals surface area contributed by atoms with Gasteiger partial charge in [0.15, 0.2) is 0 Å². The lowest BCUT2D eigenvalue weighted by Gasteiger charge is -2.18. The Labute approximate surface area is 105 Å². The molecule has 1 heterocycles. The zero-order valence-corrected chi connectivity index (χ0v) is 10.4. The first-order valence-electron chi connectivity index (χ1n) is 5.38. The van der Waals surface area contributed by atoms with E-state index in [0.717, 1.165) is 17.1 Å². The average Bonchev–Trinajstić information content (AvgIpc) is 2.58. The van der Waals surface area contributed by atoms with E-state index in [-0.39, 0.29) is 11.8 Å². The molecular formula is C12H14ClNO3. The highest BCUT2D eigenvalue weighted by Crippen LogP contribution is 2.27. The molecule has 0 spiro atoms. The van der Waals surface area contributed by atoms with Crippen LogP contribution < -0.4 is 9.47 Å². The summed E-state index contributed by atoms with van der Waals surface area (Å²) in [5.41, 5.74) is 0.974. The fourth-order valence-corrected chi connectivity index (χ4v) is 1.94. The van der Waals surface area contributed by atoms with E-state index >= 15 is 0 Å². The number of methoxy groups -OCH3 is 1. The van der Waals surface area contributed by atoms with Crippen molar-refractivity contribution in [2.45, 2.75) is 6.54 Å². The fraction of sp³-hybridized carbons (Fsp3) is 0.417. The number of carbonyl (C=O) groups is 1. The van der Waals surface area contributed by atoms with Gasteiger partial charge >= 0.3 is 0 Å². The molecule has 0 aliphatic carbocycles. The van der Waals surface area contributed by atoms with Gasteiger partial charge < -0.3 is 14.4 Å². The van der Waals surface area contributed by atoms with Crippen molar-refractivity contribution in [3.05, 3.63) is 23.8 Å². The number of alkyl halides is 1. The Bertz CT molecular complexity index is 422. The van der Waals surface area contributed by atoms with Crippen LogP contribution >= 0.6 is 11.6 Å². The van der Waals surface area contributed by atoms with Gasteiger partial charge in [0.1, 0.15) is 24.0 Å². The molecule has 0 aromatic heterocycles. The Morgan fingerprint density at radius 2 is 2.41 bits per heavy atom. The lowest BCUT2D eigenvalue weighted by molar-refractivity contribution is -0.129. The lowest BCUT2D eigenvalue weighted by Crippen LogP contribution is -2.33. The first-order chi connectivity index (χ1) is 8.24. The van der Waals surface area contributed by atoms with E-state index in [4.69, 9.17) is 21.1 Å². The predicted octanol–water partition coefficient (Wildman–Crippen LogP) is 1.65. The summed E-state index contributed by atoms with van der Waals surface area (Å²) in [6.07, 6.45) is 0. The summed E-state index contributed by atoms with van der Waals surface area (Å²) in [6, 6.07) is 5.61. The van der Waals surface area contributed by atoms with Crippen LogP contribution in [0.3, 0.4) is 0 Å². The molecular weight excluding hydrogens is 242 g/mol. The topological polar surface area (TPSA) is 38.8 Å². The summed E-state index contributed by atoms with van der Waals surface area (Å²) in [7, 11) is 1.61. The van der Waals surface area contributed by atoms with E-state index in [0.29, 0.717) is 19.7 Å². The van der Waals surface area contributed by atoms with Crippen LogP contribution in [0.1, 0.15) is 5.56 Å². The number of benzene rings is 1. The molecule has 0 saturated carbocycles. The summed E-state index contributed by atoms with van der Waals surface area (Å²) in [6.45, 7) is 1.57. The van der Waals surface area contributed by atoms with Gasteiger partial charge in [-0.1, -0.05) is 0 Å². The first kappa shape index (κ1) is 12.0. The first-order valence-corrected chi connectivity index (χ1v) is 5.91. The minimum absolute atomic E-state index is 0.00544. The molecule has 0 saturated heterocycles. The van der Waals surface area contributed by atoms with Crippen molar-refractivity contribution < 1.29 is 14.3 Å². The van der Waals surface area contributed by atoms with Gasteiger partial charge in [0.05, 0.1) is 13.7 Å². The highest BCUT2D eigenvalue weighted by molar-refractivity contribution is 6.27. The summed E-state index contributed by atoms with van der Waals surface area (Å²) in [5, 5.41) is 0. The van der Waals surface area contributed by atoms with Crippen LogP contribution in [0.15, 0.2) is 18.2 Å². The van der Waals surface area contributed by atoms with Crippen LogP contribution in [-0.2, 0) is 11.3 Å². The second-order valence-corrected chi connectivity index (χ2v) is 4.04. The number of hydrogen-bond donors (Lipinski definition) is 0. The zero-order chi connectivity index (χ0) is 12.3. The zero-order valence-electron chi connectivity index (χ0n) is 9.61. The standard InChI is InChI=1S/C12H14ClNO3/c1-16-10-3-2-9-8-14(12(15)7-13)4-5-17-11(9)6-10/h2-3,6H,4-5,7-8H2,1H3. The molecule has 1 aliphatic heterocycles. The van der Waals surface area contributed by atoms with Crippen molar-refractivity contribution in [1.29, 1.82) is 0 Å². The third-order valence-electron chi connectivity index (χ3n) is 2.72. The number of amides is 1. The van der Waals surface area contributed by atoms with E-state index in [1.165, 1.54) is 0 Å². The molecule has 1 aromatic carbocycles. The third-order valence-corrected chi connectivity index (χ3v) is 2.95. The molecule has 92 valence electrons. The van der Waals surface area contributed by atoms with Crippen molar-refractivity contribution in [1.82, 2.24) is 4.90 Å². The molecule has 1 aromatic rings. The minimum Gasteiger partial charge on any atom is -0.497 e. The maximum Gasteiger partial charge on any atom is 0.237 e. The van der Waals surface area contributed by atoms with E-state index in [1.807, 2.05) is 18.2 Å². The molecule has 1 aliphatic rings. The number of fused-ring (bicyclic) bond motifs is 1. The molecule has 1 amide bonds. The van der Waals surface area contributed by atoms with Crippen molar-refractivity contribution in [3.8, 4) is 11.5 Å². The Balaban J connectivity index is 2.23. The summed E-state index contributed by atoms with van der Waals surface area (Å²) >= 11 is 5.56. The highest BCUT2D eigenvalue weighted by atomic mass is 35.5. The highest BCUT2D eigenvalue weighted by Gasteiger charge is 2.19. The monoisotopic (exact) mass is 255 g/mol. The number of halogens is 1. The van der Waals surface area contributed by atoms with Crippen LogP contribution in [0.2, 0.25) is 0 Å². The average molecular weight is 256 g/mol. The molecule has 0 unspecified atom stereocenters. The Morgan fingerprint density at radius 1 is 1.59 bits per heavy atom.